The molecule has 0 fully saturated rings. The average Bonchev–Trinajstić information content (AvgIpc) is 2.23. The van der Waals surface area contributed by atoms with Crippen molar-refractivity contribution in [3.05, 3.63) is 0 Å². The van der Waals surface area contributed by atoms with Gasteiger partial charge in [0.05, 0.1) is 12.6 Å². The third-order valence-electron chi connectivity index (χ3n) is 2.27. The van der Waals surface area contributed by atoms with E-state index in [1.807, 2.05) is 6.92 Å². The SMILES string of the molecule is CCCNC(=O)C(C)N(CCN)CC(F)F. The fraction of sp³-hybridized carbons (Fsp3) is 0.900. The van der Waals surface area contributed by atoms with E-state index < -0.39 is 19.0 Å². The van der Waals surface area contributed by atoms with Gasteiger partial charge in [-0.25, -0.2) is 8.78 Å². The van der Waals surface area contributed by atoms with Crippen molar-refractivity contribution in [3.8, 4) is 0 Å². The number of carbonyl (C=O) groups is 1. The largest absolute Gasteiger partial charge is 0.355 e. The molecule has 96 valence electrons. The third kappa shape index (κ3) is 5.97. The first-order chi connectivity index (χ1) is 7.52. The van der Waals surface area contributed by atoms with Crippen molar-refractivity contribution < 1.29 is 13.6 Å². The number of alkyl halides is 2. The van der Waals surface area contributed by atoms with Gasteiger partial charge < -0.3 is 11.1 Å². The predicted molar refractivity (Wildman–Crippen MR) is 59.4 cm³/mol. The van der Waals surface area contributed by atoms with Crippen molar-refractivity contribution in [1.29, 1.82) is 0 Å². The Hall–Kier alpha value is -0.750. The Morgan fingerprint density at radius 3 is 2.56 bits per heavy atom. The van der Waals surface area contributed by atoms with Crippen molar-refractivity contribution in [2.75, 3.05) is 26.2 Å². The Morgan fingerprint density at radius 1 is 1.50 bits per heavy atom. The molecule has 0 radical (unpaired) electrons. The summed E-state index contributed by atoms with van der Waals surface area (Å²) in [6, 6.07) is -0.566. The molecule has 1 atom stereocenters. The van der Waals surface area contributed by atoms with Gasteiger partial charge in [0.1, 0.15) is 0 Å². The molecule has 3 N–H and O–H groups in total. The number of halogens is 2. The summed E-state index contributed by atoms with van der Waals surface area (Å²) in [6.45, 7) is 4.25. The molecule has 0 aliphatic heterocycles. The predicted octanol–water partition coefficient (Wildman–Crippen LogP) is 0.427. The van der Waals surface area contributed by atoms with E-state index in [0.29, 0.717) is 13.1 Å². The van der Waals surface area contributed by atoms with Crippen molar-refractivity contribution in [2.45, 2.75) is 32.7 Å². The van der Waals surface area contributed by atoms with E-state index >= 15 is 0 Å². The number of nitrogens with zero attached hydrogens (tertiary/aromatic N) is 1. The molecule has 4 nitrogen and oxygen atoms in total. The van der Waals surface area contributed by atoms with Crippen LogP contribution in [0.25, 0.3) is 0 Å². The Kier molecular flexibility index (Phi) is 8.01. The van der Waals surface area contributed by atoms with Gasteiger partial charge in [0.2, 0.25) is 5.91 Å². The second-order valence-electron chi connectivity index (χ2n) is 3.64. The van der Waals surface area contributed by atoms with Crippen LogP contribution in [0.2, 0.25) is 0 Å². The van der Waals surface area contributed by atoms with Crippen LogP contribution in [-0.4, -0.2) is 49.5 Å². The van der Waals surface area contributed by atoms with Crippen LogP contribution in [-0.2, 0) is 4.79 Å². The van der Waals surface area contributed by atoms with Crippen molar-refractivity contribution in [3.63, 3.8) is 0 Å². The summed E-state index contributed by atoms with van der Waals surface area (Å²) in [7, 11) is 0. The summed E-state index contributed by atoms with van der Waals surface area (Å²) in [6.07, 6.45) is -1.63. The van der Waals surface area contributed by atoms with Crippen LogP contribution in [0.3, 0.4) is 0 Å². The van der Waals surface area contributed by atoms with Crippen LogP contribution >= 0.6 is 0 Å². The summed E-state index contributed by atoms with van der Waals surface area (Å²) in [5, 5.41) is 2.68. The van der Waals surface area contributed by atoms with Crippen molar-refractivity contribution >= 4 is 5.91 Å². The molecule has 0 spiro atoms. The molecule has 0 aromatic rings. The Balaban J connectivity index is 4.23. The van der Waals surface area contributed by atoms with Gasteiger partial charge in [-0.3, -0.25) is 9.69 Å². The van der Waals surface area contributed by atoms with Gasteiger partial charge >= 0.3 is 0 Å². The Labute approximate surface area is 95.2 Å². The lowest BCUT2D eigenvalue weighted by Gasteiger charge is -2.27. The molecule has 0 heterocycles. The highest BCUT2D eigenvalue weighted by Crippen LogP contribution is 2.03. The zero-order chi connectivity index (χ0) is 12.6. The van der Waals surface area contributed by atoms with E-state index in [4.69, 9.17) is 5.73 Å². The lowest BCUT2D eigenvalue weighted by Crippen LogP contribution is -2.48. The molecule has 0 saturated heterocycles. The number of nitrogens with one attached hydrogen (secondary N) is 1. The van der Waals surface area contributed by atoms with Crippen molar-refractivity contribution in [1.82, 2.24) is 10.2 Å². The Bertz CT molecular complexity index is 203. The molecule has 0 aliphatic rings. The van der Waals surface area contributed by atoms with E-state index in [0.717, 1.165) is 6.42 Å². The Morgan fingerprint density at radius 2 is 2.12 bits per heavy atom. The maximum Gasteiger partial charge on any atom is 0.251 e. The second-order valence-corrected chi connectivity index (χ2v) is 3.64. The first kappa shape index (κ1) is 15.2. The molecule has 0 rings (SSSR count). The molecule has 16 heavy (non-hydrogen) atoms. The number of nitrogens with two attached hydrogens (primary N) is 1. The molecular formula is C10H21F2N3O. The van der Waals surface area contributed by atoms with Gasteiger partial charge in [-0.2, -0.15) is 0 Å². The monoisotopic (exact) mass is 237 g/mol. The van der Waals surface area contributed by atoms with Gasteiger partial charge in [0, 0.05) is 19.6 Å². The highest BCUT2D eigenvalue weighted by Gasteiger charge is 2.22. The van der Waals surface area contributed by atoms with E-state index in [2.05, 4.69) is 5.32 Å². The maximum atomic E-state index is 12.3. The first-order valence-electron chi connectivity index (χ1n) is 5.52. The minimum atomic E-state index is -2.45. The average molecular weight is 237 g/mol. The van der Waals surface area contributed by atoms with Crippen LogP contribution in [0, 0.1) is 0 Å². The quantitative estimate of drug-likeness (QED) is 0.643. The van der Waals surface area contributed by atoms with Crippen LogP contribution in [0.4, 0.5) is 8.78 Å². The molecular weight excluding hydrogens is 216 g/mol. The third-order valence-corrected chi connectivity index (χ3v) is 2.27. The summed E-state index contributed by atoms with van der Waals surface area (Å²) in [4.78, 5) is 13.0. The number of rotatable bonds is 8. The molecule has 0 aliphatic carbocycles. The van der Waals surface area contributed by atoms with Crippen LogP contribution in [0.1, 0.15) is 20.3 Å². The van der Waals surface area contributed by atoms with Crippen LogP contribution in [0.15, 0.2) is 0 Å². The number of carbonyl (C=O) groups excluding carboxylic acids is 1. The van der Waals surface area contributed by atoms with Crippen LogP contribution in [0.5, 0.6) is 0 Å². The normalized spacial score (nSPS) is 13.2. The summed E-state index contributed by atoms with van der Waals surface area (Å²) in [5.74, 6) is -0.226. The second kappa shape index (κ2) is 8.41. The molecule has 6 heteroatoms. The maximum absolute atomic E-state index is 12.3. The topological polar surface area (TPSA) is 58.4 Å². The van der Waals surface area contributed by atoms with Gasteiger partial charge in [-0.15, -0.1) is 0 Å². The molecule has 0 aromatic heterocycles. The van der Waals surface area contributed by atoms with E-state index in [9.17, 15) is 13.6 Å². The minimum absolute atomic E-state index is 0.226. The van der Waals surface area contributed by atoms with Gasteiger partial charge in [-0.1, -0.05) is 6.92 Å². The van der Waals surface area contributed by atoms with Gasteiger partial charge in [0.15, 0.2) is 0 Å². The zero-order valence-corrected chi connectivity index (χ0v) is 9.88. The number of hydrogen-bond acceptors (Lipinski definition) is 3. The first-order valence-corrected chi connectivity index (χ1v) is 5.52. The highest BCUT2D eigenvalue weighted by molar-refractivity contribution is 5.81. The number of amides is 1. The van der Waals surface area contributed by atoms with E-state index in [1.165, 1.54) is 4.90 Å². The van der Waals surface area contributed by atoms with E-state index in [1.54, 1.807) is 6.92 Å². The highest BCUT2D eigenvalue weighted by atomic mass is 19.3. The van der Waals surface area contributed by atoms with Crippen molar-refractivity contribution in [2.24, 2.45) is 5.73 Å². The zero-order valence-electron chi connectivity index (χ0n) is 9.88. The fourth-order valence-electron chi connectivity index (χ4n) is 1.35. The summed E-state index contributed by atoms with van der Waals surface area (Å²) < 4.78 is 24.5. The molecule has 1 unspecified atom stereocenters. The van der Waals surface area contributed by atoms with Gasteiger partial charge in [0.25, 0.3) is 6.43 Å². The summed E-state index contributed by atoms with van der Waals surface area (Å²) >= 11 is 0. The van der Waals surface area contributed by atoms with Gasteiger partial charge in [-0.05, 0) is 13.3 Å². The lowest BCUT2D eigenvalue weighted by molar-refractivity contribution is -0.126. The molecule has 0 saturated carbocycles. The van der Waals surface area contributed by atoms with Crippen LogP contribution < -0.4 is 11.1 Å². The fourth-order valence-corrected chi connectivity index (χ4v) is 1.35. The molecule has 0 bridgehead atoms. The number of hydrogen-bond donors (Lipinski definition) is 2. The standard InChI is InChI=1S/C10H21F2N3O/c1-3-5-14-10(16)8(2)15(6-4-13)7-9(11)12/h8-9H,3-7,13H2,1-2H3,(H,14,16). The minimum Gasteiger partial charge on any atom is -0.355 e. The summed E-state index contributed by atoms with van der Waals surface area (Å²) in [5.41, 5.74) is 5.32. The lowest BCUT2D eigenvalue weighted by atomic mass is 10.2. The molecule has 0 aromatic carbocycles. The van der Waals surface area contributed by atoms with E-state index in [-0.39, 0.29) is 12.5 Å². The smallest absolute Gasteiger partial charge is 0.251 e. The molecule has 1 amide bonds.